The summed E-state index contributed by atoms with van der Waals surface area (Å²) in [6.45, 7) is 0. The minimum atomic E-state index is -0.930. The largest absolute Gasteiger partial charge is 0.456 e. The van der Waals surface area contributed by atoms with E-state index in [1.165, 1.54) is 0 Å². The van der Waals surface area contributed by atoms with Crippen molar-refractivity contribution in [2.24, 2.45) is 0 Å². The third-order valence-corrected chi connectivity index (χ3v) is 6.62. The first-order chi connectivity index (χ1) is 31.8. The Balaban J connectivity index is 1.47. The predicted molar refractivity (Wildman–Crippen MR) is 178 cm³/mol. The smallest absolute Gasteiger partial charge is 0.164 e. The molecule has 0 aliphatic carbocycles. The molecule has 6 aromatic carbocycles. The van der Waals surface area contributed by atoms with E-state index in [9.17, 15) is 5.48 Å². The molecule has 0 fully saturated rings. The number of fused-ring (bicyclic) bond motifs is 6. The molecule has 0 atom stereocenters. The molecule has 3 aromatic heterocycles. The van der Waals surface area contributed by atoms with Crippen molar-refractivity contribution in [3.63, 3.8) is 0 Å². The van der Waals surface area contributed by atoms with Gasteiger partial charge in [-0.15, -0.1) is 0 Å². The van der Waals surface area contributed by atoms with E-state index in [1.807, 2.05) is 0 Å². The molecule has 3 heterocycles. The van der Waals surface area contributed by atoms with Crippen molar-refractivity contribution in [3.8, 4) is 39.9 Å². The Hall–Kier alpha value is -6.07. The lowest BCUT2D eigenvalue weighted by molar-refractivity contribution is 0.669. The summed E-state index contributed by atoms with van der Waals surface area (Å²) in [5.41, 5.74) is -4.91. The highest BCUT2D eigenvalue weighted by atomic mass is 16.3. The van der Waals surface area contributed by atoms with Gasteiger partial charge in [-0.1, -0.05) is 109 Å². The normalized spacial score (nSPS) is 19.3. The van der Waals surface area contributed by atoms with Crippen molar-refractivity contribution >= 4 is 43.7 Å². The fourth-order valence-electron chi connectivity index (χ4n) is 4.79. The number of furan rings is 1. The van der Waals surface area contributed by atoms with E-state index in [2.05, 4.69) is 15.0 Å². The van der Waals surface area contributed by atoms with E-state index in [0.29, 0.717) is 0 Å². The predicted octanol–water partition coefficient (Wildman–Crippen LogP) is 9.87. The number of hydrogen-bond donors (Lipinski definition) is 0. The summed E-state index contributed by atoms with van der Waals surface area (Å²) in [4.78, 5) is 12.7. The molecule has 9 aromatic rings. The maximum atomic E-state index is 9.49. The van der Waals surface area contributed by atoms with Crippen LogP contribution in [-0.4, -0.2) is 19.5 Å². The van der Waals surface area contributed by atoms with Crippen LogP contribution in [0.5, 0.6) is 0 Å². The molecule has 0 aliphatic rings. The van der Waals surface area contributed by atoms with E-state index in [0.717, 1.165) is 4.57 Å². The fourth-order valence-corrected chi connectivity index (χ4v) is 4.79. The number of hydrogen-bond acceptors (Lipinski definition) is 4. The lowest BCUT2D eigenvalue weighted by atomic mass is 10.1. The molecule has 5 heteroatoms. The fraction of sp³-hybridized carbons (Fsp3) is 0. The molecule has 9 rings (SSSR count). The standard InChI is InChI=1S/C39H24N4O/c1-3-12-25(13-4-1)37-40-38(26-14-5-2-6-15-26)42-39(41-37)27-22-23-30-35(24-27)44-34-21-11-20-33(36(30)34)43-31-18-9-7-16-28(31)29-17-8-10-19-32(29)43/h1-24H/i1D,2D,3D,4D,5D,6D,7D,8D,9D,10D,11D,12D,13D,14D,15D,16D,17D,18D,19D,20D,21D,22D,23D,24D. The van der Waals surface area contributed by atoms with Crippen LogP contribution in [0.1, 0.15) is 32.9 Å². The molecular weight excluding hydrogens is 540 g/mol. The van der Waals surface area contributed by atoms with Gasteiger partial charge in [-0.25, -0.2) is 15.0 Å². The average molecular weight is 589 g/mol. The zero-order valence-electron chi connectivity index (χ0n) is 45.7. The van der Waals surface area contributed by atoms with E-state index < -0.39 is 229 Å². The first-order valence-electron chi connectivity index (χ1n) is 24.7. The summed E-state index contributed by atoms with van der Waals surface area (Å²) >= 11 is 0. The van der Waals surface area contributed by atoms with Gasteiger partial charge in [0.05, 0.1) is 55.0 Å². The molecule has 0 N–H and O–H groups in total. The van der Waals surface area contributed by atoms with Crippen molar-refractivity contribution in [2.75, 3.05) is 0 Å². The van der Waals surface area contributed by atoms with Crippen LogP contribution in [-0.2, 0) is 0 Å². The molecule has 0 aliphatic heterocycles. The van der Waals surface area contributed by atoms with Gasteiger partial charge in [-0.2, -0.15) is 0 Å². The van der Waals surface area contributed by atoms with Gasteiger partial charge in [0.15, 0.2) is 17.5 Å². The number of benzene rings is 6. The van der Waals surface area contributed by atoms with Gasteiger partial charge < -0.3 is 8.98 Å². The summed E-state index contributed by atoms with van der Waals surface area (Å²) < 4.78 is 216. The van der Waals surface area contributed by atoms with Crippen LogP contribution in [0.3, 0.4) is 0 Å². The van der Waals surface area contributed by atoms with Gasteiger partial charge in [0, 0.05) is 32.8 Å². The van der Waals surface area contributed by atoms with Crippen LogP contribution in [0.2, 0.25) is 0 Å². The molecule has 44 heavy (non-hydrogen) atoms. The zero-order valence-corrected chi connectivity index (χ0v) is 21.7. The zero-order chi connectivity index (χ0) is 49.9. The minimum Gasteiger partial charge on any atom is -0.456 e. The SMILES string of the molecule is [2H]c1c([2H])c([2H])c(-c2nc(-c3c([2H])c([2H])c([2H])c([2H])c3[2H])nc(-c3c([2H])c([2H])c4c(oc5c([2H])c([2H])c([2H])c(-n6c7c([2H])c([2H])c([2H])c([2H])c7c7c([2H])c([2H])c([2H])c([2H])c76)c54)c3[2H])n2)c([2H])c1[2H]. The summed E-state index contributed by atoms with van der Waals surface area (Å²) in [5.74, 6) is -2.28. The lowest BCUT2D eigenvalue weighted by Crippen LogP contribution is -2.00. The highest BCUT2D eigenvalue weighted by molar-refractivity contribution is 6.14. The molecular formula is C39H24N4O. The van der Waals surface area contributed by atoms with Gasteiger partial charge in [0.1, 0.15) is 11.2 Å². The van der Waals surface area contributed by atoms with Gasteiger partial charge in [0.2, 0.25) is 0 Å². The number of para-hydroxylation sites is 2. The van der Waals surface area contributed by atoms with Crippen LogP contribution >= 0.6 is 0 Å². The molecule has 0 bridgehead atoms. The van der Waals surface area contributed by atoms with E-state index >= 15 is 0 Å². The minimum absolute atomic E-state index is 0.407. The van der Waals surface area contributed by atoms with E-state index in [1.54, 1.807) is 0 Å². The highest BCUT2D eigenvalue weighted by Gasteiger charge is 2.19. The summed E-state index contributed by atoms with van der Waals surface area (Å²) in [7, 11) is 0. The molecule has 0 radical (unpaired) electrons. The van der Waals surface area contributed by atoms with Gasteiger partial charge in [0.25, 0.3) is 0 Å². The van der Waals surface area contributed by atoms with Crippen LogP contribution in [0.4, 0.5) is 0 Å². The Morgan fingerprint density at radius 2 is 1.00 bits per heavy atom. The van der Waals surface area contributed by atoms with Crippen LogP contribution in [0.25, 0.3) is 83.6 Å². The quantitative estimate of drug-likeness (QED) is 0.205. The second-order valence-electron chi connectivity index (χ2n) is 9.07. The molecule has 5 nitrogen and oxygen atoms in total. The van der Waals surface area contributed by atoms with Crippen molar-refractivity contribution in [1.29, 1.82) is 0 Å². The molecule has 0 amide bonds. The number of aromatic nitrogens is 4. The monoisotopic (exact) mass is 588 g/mol. The number of nitrogens with zero attached hydrogens (tertiary/aromatic N) is 4. The first-order valence-corrected chi connectivity index (χ1v) is 12.7. The van der Waals surface area contributed by atoms with Crippen molar-refractivity contribution in [3.05, 3.63) is 145 Å². The highest BCUT2D eigenvalue weighted by Crippen LogP contribution is 2.39. The van der Waals surface area contributed by atoms with Crippen molar-refractivity contribution in [1.82, 2.24) is 19.5 Å². The Bertz CT molecular complexity index is 3640. The summed E-state index contributed by atoms with van der Waals surface area (Å²) in [6.07, 6.45) is 0. The summed E-state index contributed by atoms with van der Waals surface area (Å²) in [5, 5.41) is -1.80. The lowest BCUT2D eigenvalue weighted by Gasteiger charge is -2.10. The van der Waals surface area contributed by atoms with Gasteiger partial charge in [-0.3, -0.25) is 0 Å². The molecule has 0 saturated heterocycles. The Morgan fingerprint density at radius 3 is 1.61 bits per heavy atom. The third kappa shape index (κ3) is 3.83. The second-order valence-corrected chi connectivity index (χ2v) is 9.07. The molecule has 0 spiro atoms. The van der Waals surface area contributed by atoms with E-state index in [4.69, 9.17) is 31.8 Å². The van der Waals surface area contributed by atoms with Gasteiger partial charge in [-0.05, 0) is 36.3 Å². The average Bonchev–Trinajstić information content (AvgIpc) is 3.88. The summed E-state index contributed by atoms with van der Waals surface area (Å²) in [6, 6.07) is -19.8. The first kappa shape index (κ1) is 10.6. The molecule has 0 saturated carbocycles. The van der Waals surface area contributed by atoms with Crippen LogP contribution < -0.4 is 0 Å². The Labute approximate surface area is 286 Å². The topological polar surface area (TPSA) is 56.7 Å². The van der Waals surface area contributed by atoms with Crippen LogP contribution in [0, 0.1) is 0 Å². The number of rotatable bonds is 4. The molecule has 206 valence electrons. The van der Waals surface area contributed by atoms with Gasteiger partial charge >= 0.3 is 0 Å². The van der Waals surface area contributed by atoms with Crippen molar-refractivity contribution in [2.45, 2.75) is 0 Å². The maximum absolute atomic E-state index is 9.49. The maximum Gasteiger partial charge on any atom is 0.164 e. The van der Waals surface area contributed by atoms with Crippen molar-refractivity contribution < 1.29 is 37.3 Å². The van der Waals surface area contributed by atoms with E-state index in [-0.39, 0.29) is 0 Å². The van der Waals surface area contributed by atoms with Crippen LogP contribution in [0.15, 0.2) is 149 Å². The second kappa shape index (κ2) is 9.75. The third-order valence-electron chi connectivity index (χ3n) is 6.62. The Kier molecular flexibility index (Phi) is 2.34. The Morgan fingerprint density at radius 1 is 0.455 bits per heavy atom. The molecule has 0 unspecified atom stereocenters.